The van der Waals surface area contributed by atoms with Gasteiger partial charge in [-0.05, 0) is 24.6 Å². The lowest BCUT2D eigenvalue weighted by Gasteiger charge is -2.06. The molecule has 0 unspecified atom stereocenters. The van der Waals surface area contributed by atoms with Crippen molar-refractivity contribution in [2.24, 2.45) is 5.92 Å². The summed E-state index contributed by atoms with van der Waals surface area (Å²) in [5.74, 6) is 0.285. The SMILES string of the molecule is CC(C)CNCc1nc(C(=O)O)c2ccccn12. The van der Waals surface area contributed by atoms with E-state index >= 15 is 0 Å². The number of imidazole rings is 1. The third kappa shape index (κ3) is 2.51. The molecule has 2 aromatic heterocycles. The molecule has 0 atom stereocenters. The number of nitrogens with zero attached hydrogens (tertiary/aromatic N) is 2. The minimum Gasteiger partial charge on any atom is -0.476 e. The molecule has 0 saturated carbocycles. The summed E-state index contributed by atoms with van der Waals surface area (Å²) in [6, 6.07) is 5.45. The number of hydrogen-bond acceptors (Lipinski definition) is 3. The van der Waals surface area contributed by atoms with Gasteiger partial charge in [0, 0.05) is 6.20 Å². The normalized spacial score (nSPS) is 11.3. The summed E-state index contributed by atoms with van der Waals surface area (Å²) < 4.78 is 1.82. The molecule has 0 fully saturated rings. The minimum atomic E-state index is -0.992. The van der Waals surface area contributed by atoms with Crippen LogP contribution >= 0.6 is 0 Å². The maximum absolute atomic E-state index is 11.1. The molecule has 5 heteroatoms. The van der Waals surface area contributed by atoms with Crippen molar-refractivity contribution in [3.8, 4) is 0 Å². The Balaban J connectivity index is 2.30. The molecule has 2 N–H and O–H groups in total. The summed E-state index contributed by atoms with van der Waals surface area (Å²) in [7, 11) is 0. The van der Waals surface area contributed by atoms with Gasteiger partial charge in [0.15, 0.2) is 5.69 Å². The molecule has 0 radical (unpaired) electrons. The Kier molecular flexibility index (Phi) is 3.62. The van der Waals surface area contributed by atoms with E-state index in [1.807, 2.05) is 22.7 Å². The van der Waals surface area contributed by atoms with Gasteiger partial charge in [-0.15, -0.1) is 0 Å². The summed E-state index contributed by atoms with van der Waals surface area (Å²) in [6.45, 7) is 5.69. The Morgan fingerprint density at radius 2 is 2.28 bits per heavy atom. The molecule has 0 aliphatic carbocycles. The second kappa shape index (κ2) is 5.18. The Bertz CT molecular complexity index is 560. The van der Waals surface area contributed by atoms with Crippen LogP contribution in [0.4, 0.5) is 0 Å². The number of carbonyl (C=O) groups is 1. The summed E-state index contributed by atoms with van der Waals surface area (Å²) in [4.78, 5) is 15.3. The number of aromatic nitrogens is 2. The lowest BCUT2D eigenvalue weighted by atomic mass is 10.2. The van der Waals surface area contributed by atoms with Gasteiger partial charge in [0.2, 0.25) is 0 Å². The standard InChI is InChI=1S/C13H17N3O2/c1-9(2)7-14-8-11-15-12(13(17)18)10-5-3-4-6-16(10)11/h3-6,9,14H,7-8H2,1-2H3,(H,17,18). The zero-order chi connectivity index (χ0) is 13.1. The lowest BCUT2D eigenvalue weighted by Crippen LogP contribution is -2.20. The van der Waals surface area contributed by atoms with E-state index in [0.29, 0.717) is 18.0 Å². The number of carboxylic acids is 1. The molecule has 2 rings (SSSR count). The van der Waals surface area contributed by atoms with Crippen LogP contribution in [0.5, 0.6) is 0 Å². The first-order valence-corrected chi connectivity index (χ1v) is 5.99. The van der Waals surface area contributed by atoms with Gasteiger partial charge in [-0.25, -0.2) is 9.78 Å². The molecule has 2 heterocycles. The number of aromatic carboxylic acids is 1. The topological polar surface area (TPSA) is 66.6 Å². The molecule has 18 heavy (non-hydrogen) atoms. The Labute approximate surface area is 105 Å². The molecule has 5 nitrogen and oxygen atoms in total. The highest BCUT2D eigenvalue weighted by molar-refractivity contribution is 5.93. The first-order valence-electron chi connectivity index (χ1n) is 5.99. The van der Waals surface area contributed by atoms with Crippen LogP contribution in [0, 0.1) is 5.92 Å². The summed E-state index contributed by atoms with van der Waals surface area (Å²) in [5.41, 5.74) is 0.739. The van der Waals surface area contributed by atoms with Gasteiger partial charge in [-0.3, -0.25) is 0 Å². The van der Waals surface area contributed by atoms with Crippen LogP contribution in [-0.2, 0) is 6.54 Å². The first kappa shape index (κ1) is 12.6. The van der Waals surface area contributed by atoms with E-state index in [-0.39, 0.29) is 5.69 Å². The molecule has 0 bridgehead atoms. The van der Waals surface area contributed by atoms with E-state index in [1.54, 1.807) is 6.07 Å². The molecule has 0 amide bonds. The fourth-order valence-electron chi connectivity index (χ4n) is 1.86. The molecule has 0 aliphatic heterocycles. The van der Waals surface area contributed by atoms with Crippen molar-refractivity contribution in [2.45, 2.75) is 20.4 Å². The van der Waals surface area contributed by atoms with E-state index in [0.717, 1.165) is 12.4 Å². The number of nitrogens with one attached hydrogen (secondary N) is 1. The van der Waals surface area contributed by atoms with Crippen molar-refractivity contribution in [3.63, 3.8) is 0 Å². The van der Waals surface area contributed by atoms with Crippen LogP contribution < -0.4 is 5.32 Å². The second-order valence-electron chi connectivity index (χ2n) is 4.66. The third-order valence-electron chi connectivity index (χ3n) is 2.66. The van der Waals surface area contributed by atoms with Crippen LogP contribution in [0.3, 0.4) is 0 Å². The average Bonchev–Trinajstić information content (AvgIpc) is 2.68. The number of fused-ring (bicyclic) bond motifs is 1. The summed E-state index contributed by atoms with van der Waals surface area (Å²) >= 11 is 0. The van der Waals surface area contributed by atoms with Crippen LogP contribution in [0.15, 0.2) is 24.4 Å². The highest BCUT2D eigenvalue weighted by Crippen LogP contribution is 2.13. The van der Waals surface area contributed by atoms with Crippen molar-refractivity contribution < 1.29 is 9.90 Å². The van der Waals surface area contributed by atoms with Crippen molar-refractivity contribution >= 4 is 11.5 Å². The van der Waals surface area contributed by atoms with Crippen LogP contribution in [0.2, 0.25) is 0 Å². The highest BCUT2D eigenvalue weighted by atomic mass is 16.4. The maximum atomic E-state index is 11.1. The Morgan fingerprint density at radius 3 is 2.94 bits per heavy atom. The second-order valence-corrected chi connectivity index (χ2v) is 4.66. The monoisotopic (exact) mass is 247 g/mol. The van der Waals surface area contributed by atoms with Gasteiger partial charge in [0.1, 0.15) is 5.82 Å². The Morgan fingerprint density at radius 1 is 1.50 bits per heavy atom. The average molecular weight is 247 g/mol. The van der Waals surface area contributed by atoms with Crippen molar-refractivity contribution in [2.75, 3.05) is 6.54 Å². The van der Waals surface area contributed by atoms with Gasteiger partial charge in [-0.1, -0.05) is 19.9 Å². The van der Waals surface area contributed by atoms with Crippen LogP contribution in [0.25, 0.3) is 5.52 Å². The van der Waals surface area contributed by atoms with Gasteiger partial charge in [0.25, 0.3) is 0 Å². The van der Waals surface area contributed by atoms with Gasteiger partial charge >= 0.3 is 5.97 Å². The smallest absolute Gasteiger partial charge is 0.356 e. The molecular weight excluding hydrogens is 230 g/mol. The molecular formula is C13H17N3O2. The zero-order valence-corrected chi connectivity index (χ0v) is 10.6. The molecule has 96 valence electrons. The van der Waals surface area contributed by atoms with E-state index in [9.17, 15) is 4.79 Å². The predicted octanol–water partition coefficient (Wildman–Crippen LogP) is 1.78. The van der Waals surface area contributed by atoms with Crippen LogP contribution in [-0.4, -0.2) is 27.0 Å². The van der Waals surface area contributed by atoms with Gasteiger partial charge in [-0.2, -0.15) is 0 Å². The summed E-state index contributed by atoms with van der Waals surface area (Å²) in [6.07, 6.45) is 1.83. The van der Waals surface area contributed by atoms with E-state index in [1.165, 1.54) is 0 Å². The number of rotatable bonds is 5. The largest absolute Gasteiger partial charge is 0.476 e. The molecule has 0 saturated heterocycles. The van der Waals surface area contributed by atoms with Crippen molar-refractivity contribution in [1.29, 1.82) is 0 Å². The highest BCUT2D eigenvalue weighted by Gasteiger charge is 2.15. The lowest BCUT2D eigenvalue weighted by molar-refractivity contribution is 0.0693. The summed E-state index contributed by atoms with van der Waals surface area (Å²) in [5, 5.41) is 12.4. The maximum Gasteiger partial charge on any atom is 0.356 e. The van der Waals surface area contributed by atoms with E-state index < -0.39 is 5.97 Å². The van der Waals surface area contributed by atoms with Crippen molar-refractivity contribution in [3.05, 3.63) is 35.9 Å². The van der Waals surface area contributed by atoms with E-state index in [2.05, 4.69) is 24.1 Å². The number of hydrogen-bond donors (Lipinski definition) is 2. The Hall–Kier alpha value is -1.88. The molecule has 0 aliphatic rings. The third-order valence-corrected chi connectivity index (χ3v) is 2.66. The predicted molar refractivity (Wildman–Crippen MR) is 68.7 cm³/mol. The quantitative estimate of drug-likeness (QED) is 0.845. The molecule has 0 aromatic carbocycles. The minimum absolute atomic E-state index is 0.108. The number of pyridine rings is 1. The van der Waals surface area contributed by atoms with Crippen LogP contribution in [0.1, 0.15) is 30.2 Å². The fourth-order valence-corrected chi connectivity index (χ4v) is 1.86. The first-order chi connectivity index (χ1) is 8.59. The number of carboxylic acid groups (broad SMARTS) is 1. The van der Waals surface area contributed by atoms with Gasteiger partial charge < -0.3 is 14.8 Å². The zero-order valence-electron chi connectivity index (χ0n) is 10.6. The fraction of sp³-hybridized carbons (Fsp3) is 0.385. The van der Waals surface area contributed by atoms with E-state index in [4.69, 9.17) is 5.11 Å². The molecule has 2 aromatic rings. The molecule has 0 spiro atoms. The van der Waals surface area contributed by atoms with Gasteiger partial charge in [0.05, 0.1) is 12.1 Å². The van der Waals surface area contributed by atoms with Crippen molar-refractivity contribution in [1.82, 2.24) is 14.7 Å².